The second kappa shape index (κ2) is 6.23. The van der Waals surface area contributed by atoms with Crippen LogP contribution in [0.5, 0.6) is 0 Å². The summed E-state index contributed by atoms with van der Waals surface area (Å²) < 4.78 is 0.976. The summed E-state index contributed by atoms with van der Waals surface area (Å²) in [6.45, 7) is 0.708. The van der Waals surface area contributed by atoms with E-state index < -0.39 is 0 Å². The van der Waals surface area contributed by atoms with Gasteiger partial charge in [-0.2, -0.15) is 0 Å². The number of rotatable bonds is 4. The lowest BCUT2D eigenvalue weighted by molar-refractivity contribution is 0.282. The Morgan fingerprint density at radius 1 is 1.11 bits per heavy atom. The number of aliphatic hydroxyl groups excluding tert-OH is 1. The summed E-state index contributed by atoms with van der Waals surface area (Å²) in [5, 5.41) is 13.3. The number of para-hydroxylation sites is 1. The van der Waals surface area contributed by atoms with E-state index in [1.807, 2.05) is 42.5 Å². The number of aliphatic hydroxyl groups is 1. The van der Waals surface area contributed by atoms with Gasteiger partial charge in [0.1, 0.15) is 0 Å². The summed E-state index contributed by atoms with van der Waals surface area (Å²) in [6, 6.07) is 13.4. The highest BCUT2D eigenvalue weighted by atomic mass is 79.9. The van der Waals surface area contributed by atoms with Crippen molar-refractivity contribution >= 4 is 33.2 Å². The minimum Gasteiger partial charge on any atom is -0.392 e. The van der Waals surface area contributed by atoms with Crippen LogP contribution in [0.15, 0.2) is 46.9 Å². The average molecular weight is 327 g/mol. The smallest absolute Gasteiger partial charge is 0.0701 e. The fourth-order valence-corrected chi connectivity index (χ4v) is 2.51. The van der Waals surface area contributed by atoms with Crippen LogP contribution in [0.1, 0.15) is 11.1 Å². The lowest BCUT2D eigenvalue weighted by atomic mass is 10.1. The maximum atomic E-state index is 9.24. The summed E-state index contributed by atoms with van der Waals surface area (Å²) >= 11 is 9.38. The quantitative estimate of drug-likeness (QED) is 0.882. The van der Waals surface area contributed by atoms with Crippen LogP contribution in [-0.2, 0) is 13.2 Å². The maximum Gasteiger partial charge on any atom is 0.0701 e. The number of hydrogen-bond donors (Lipinski definition) is 2. The molecule has 18 heavy (non-hydrogen) atoms. The van der Waals surface area contributed by atoms with Crippen molar-refractivity contribution in [1.82, 2.24) is 0 Å². The van der Waals surface area contributed by atoms with Gasteiger partial charge < -0.3 is 10.4 Å². The largest absolute Gasteiger partial charge is 0.392 e. The summed E-state index contributed by atoms with van der Waals surface area (Å²) in [5.41, 5.74) is 2.96. The van der Waals surface area contributed by atoms with E-state index in [1.165, 1.54) is 0 Å². The number of nitrogens with one attached hydrogen (secondary N) is 1. The maximum absolute atomic E-state index is 9.24. The van der Waals surface area contributed by atoms with Crippen LogP contribution in [0.3, 0.4) is 0 Å². The molecule has 0 aliphatic rings. The molecule has 2 rings (SSSR count). The molecule has 0 aromatic heterocycles. The summed E-state index contributed by atoms with van der Waals surface area (Å²) in [7, 11) is 0. The van der Waals surface area contributed by atoms with E-state index in [-0.39, 0.29) is 6.61 Å². The van der Waals surface area contributed by atoms with Crippen LogP contribution in [0.4, 0.5) is 5.69 Å². The topological polar surface area (TPSA) is 32.3 Å². The van der Waals surface area contributed by atoms with Gasteiger partial charge in [0, 0.05) is 27.3 Å². The molecule has 0 radical (unpaired) electrons. The first kappa shape index (κ1) is 13.4. The molecule has 0 unspecified atom stereocenters. The van der Waals surface area contributed by atoms with Gasteiger partial charge in [0.15, 0.2) is 0 Å². The minimum atomic E-state index is 0.0327. The molecule has 4 heteroatoms. The second-order valence-corrected chi connectivity index (χ2v) is 5.20. The highest BCUT2D eigenvalue weighted by Crippen LogP contribution is 2.23. The third kappa shape index (κ3) is 3.25. The van der Waals surface area contributed by atoms with Crippen LogP contribution in [0.2, 0.25) is 5.02 Å². The first-order valence-electron chi connectivity index (χ1n) is 5.57. The number of hydrogen-bond acceptors (Lipinski definition) is 2. The van der Waals surface area contributed by atoms with Crippen LogP contribution < -0.4 is 5.32 Å². The highest BCUT2D eigenvalue weighted by Gasteiger charge is 2.03. The summed E-state index contributed by atoms with van der Waals surface area (Å²) in [4.78, 5) is 0. The summed E-state index contributed by atoms with van der Waals surface area (Å²) in [6.07, 6.45) is 0. The summed E-state index contributed by atoms with van der Waals surface area (Å²) in [5.74, 6) is 0. The van der Waals surface area contributed by atoms with E-state index in [0.29, 0.717) is 11.6 Å². The Balaban J connectivity index is 2.11. The van der Waals surface area contributed by atoms with Crippen LogP contribution in [0, 0.1) is 0 Å². The molecule has 0 aliphatic heterocycles. The van der Waals surface area contributed by atoms with Gasteiger partial charge in [0.05, 0.1) is 6.61 Å². The van der Waals surface area contributed by atoms with E-state index in [9.17, 15) is 5.11 Å². The van der Waals surface area contributed by atoms with Gasteiger partial charge in [-0.15, -0.1) is 0 Å². The average Bonchev–Trinajstić information content (AvgIpc) is 2.38. The number of halogens is 2. The Bertz CT molecular complexity index is 545. The fourth-order valence-electron chi connectivity index (χ4n) is 1.69. The molecular weight excluding hydrogens is 314 g/mol. The van der Waals surface area contributed by atoms with Crippen LogP contribution in [0.25, 0.3) is 0 Å². The Hall–Kier alpha value is -1.03. The van der Waals surface area contributed by atoms with E-state index in [4.69, 9.17) is 11.6 Å². The lowest BCUT2D eigenvalue weighted by Gasteiger charge is -2.11. The molecule has 2 aromatic carbocycles. The van der Waals surface area contributed by atoms with Crippen molar-refractivity contribution in [2.75, 3.05) is 5.32 Å². The van der Waals surface area contributed by atoms with Gasteiger partial charge in [0.25, 0.3) is 0 Å². The van der Waals surface area contributed by atoms with Gasteiger partial charge in [-0.25, -0.2) is 0 Å². The molecule has 0 bridgehead atoms. The third-order valence-electron chi connectivity index (χ3n) is 2.67. The van der Waals surface area contributed by atoms with Gasteiger partial charge >= 0.3 is 0 Å². The molecule has 0 spiro atoms. The van der Waals surface area contributed by atoms with Gasteiger partial charge in [0.2, 0.25) is 0 Å². The van der Waals surface area contributed by atoms with Gasteiger partial charge in [-0.3, -0.25) is 0 Å². The van der Waals surface area contributed by atoms with Crippen molar-refractivity contribution in [2.24, 2.45) is 0 Å². The molecule has 2 aromatic rings. The van der Waals surface area contributed by atoms with Crippen LogP contribution >= 0.6 is 27.5 Å². The molecular formula is C14H13BrClNO. The zero-order valence-corrected chi connectivity index (χ0v) is 12.0. The van der Waals surface area contributed by atoms with E-state index >= 15 is 0 Å². The zero-order valence-electron chi connectivity index (χ0n) is 9.66. The molecule has 0 saturated heterocycles. The van der Waals surface area contributed by atoms with Crippen molar-refractivity contribution < 1.29 is 5.11 Å². The van der Waals surface area contributed by atoms with E-state index in [0.717, 1.165) is 21.3 Å². The standard InChI is InChI=1S/C14H13BrClNO/c15-13-7-12(16)6-5-10(13)8-17-14-4-2-1-3-11(14)9-18/h1-7,17-18H,8-9H2. The first-order chi connectivity index (χ1) is 8.70. The number of benzene rings is 2. The van der Waals surface area contributed by atoms with Crippen molar-refractivity contribution in [3.63, 3.8) is 0 Å². The van der Waals surface area contributed by atoms with Crippen molar-refractivity contribution in [3.05, 3.63) is 63.1 Å². The molecule has 2 nitrogen and oxygen atoms in total. The predicted molar refractivity (Wildman–Crippen MR) is 78.8 cm³/mol. The third-order valence-corrected chi connectivity index (χ3v) is 3.65. The van der Waals surface area contributed by atoms with E-state index in [2.05, 4.69) is 21.2 Å². The number of anilines is 1. The van der Waals surface area contributed by atoms with Crippen molar-refractivity contribution in [2.45, 2.75) is 13.2 Å². The second-order valence-electron chi connectivity index (χ2n) is 3.90. The normalized spacial score (nSPS) is 10.4. The molecule has 2 N–H and O–H groups in total. The molecule has 0 fully saturated rings. The van der Waals surface area contributed by atoms with Crippen molar-refractivity contribution in [1.29, 1.82) is 0 Å². The predicted octanol–water partition coefficient (Wildman–Crippen LogP) is 4.21. The van der Waals surface area contributed by atoms with Gasteiger partial charge in [-0.1, -0.05) is 51.8 Å². The van der Waals surface area contributed by atoms with Gasteiger partial charge in [-0.05, 0) is 23.8 Å². The van der Waals surface area contributed by atoms with Crippen LogP contribution in [-0.4, -0.2) is 5.11 Å². The van der Waals surface area contributed by atoms with Crippen molar-refractivity contribution in [3.8, 4) is 0 Å². The molecule has 0 heterocycles. The molecule has 94 valence electrons. The Morgan fingerprint density at radius 2 is 1.89 bits per heavy atom. The molecule has 0 aliphatic carbocycles. The Kier molecular flexibility index (Phi) is 4.64. The monoisotopic (exact) mass is 325 g/mol. The minimum absolute atomic E-state index is 0.0327. The molecule has 0 saturated carbocycles. The zero-order chi connectivity index (χ0) is 13.0. The lowest BCUT2D eigenvalue weighted by Crippen LogP contribution is -2.03. The molecule has 0 amide bonds. The molecule has 0 atom stereocenters. The Morgan fingerprint density at radius 3 is 2.61 bits per heavy atom. The van der Waals surface area contributed by atoms with E-state index in [1.54, 1.807) is 0 Å². The SMILES string of the molecule is OCc1ccccc1NCc1ccc(Cl)cc1Br. The first-order valence-corrected chi connectivity index (χ1v) is 6.74. The fraction of sp³-hybridized carbons (Fsp3) is 0.143. The Labute approximate surface area is 120 Å². The highest BCUT2D eigenvalue weighted by molar-refractivity contribution is 9.10.